The fourth-order valence-corrected chi connectivity index (χ4v) is 3.86. The van der Waals surface area contributed by atoms with Gasteiger partial charge in [-0.25, -0.2) is 0 Å². The van der Waals surface area contributed by atoms with Gasteiger partial charge in [0.25, 0.3) is 0 Å². The summed E-state index contributed by atoms with van der Waals surface area (Å²) in [7, 11) is 0. The predicted octanol–water partition coefficient (Wildman–Crippen LogP) is 3.04. The van der Waals surface area contributed by atoms with Gasteiger partial charge in [0.2, 0.25) is 5.91 Å². The molecule has 1 aromatic carbocycles. The van der Waals surface area contributed by atoms with Crippen LogP contribution in [0, 0.1) is 5.41 Å². The van der Waals surface area contributed by atoms with Crippen molar-refractivity contribution in [3.05, 3.63) is 24.3 Å². The second-order valence-electron chi connectivity index (χ2n) is 7.67. The summed E-state index contributed by atoms with van der Waals surface area (Å²) >= 11 is 0. The first kappa shape index (κ1) is 19.9. The number of anilines is 1. The summed E-state index contributed by atoms with van der Waals surface area (Å²) in [6.07, 6.45) is -3.89. The number of alkyl halides is 3. The fraction of sp³-hybridized carbons (Fsp3) is 0.632. The number of amides is 1. The number of hydrogen-bond acceptors (Lipinski definition) is 4. The van der Waals surface area contributed by atoms with Gasteiger partial charge in [-0.15, -0.1) is 0 Å². The molecule has 1 spiro atoms. The summed E-state index contributed by atoms with van der Waals surface area (Å²) in [6.45, 7) is 1.16. The van der Waals surface area contributed by atoms with E-state index in [9.17, 15) is 28.2 Å². The molecule has 1 heterocycles. The highest BCUT2D eigenvalue weighted by Gasteiger charge is 2.51. The van der Waals surface area contributed by atoms with Gasteiger partial charge >= 0.3 is 6.18 Å². The first-order chi connectivity index (χ1) is 12.6. The standard InChI is InChI=1S/C19H24F3NO4/c1-13(19(20,21)22)27-15-4-2-14(3-5-15)23-11-10-17(16(23)25)6-8-18(26,12-24)9-7-17/h2-5,13,24,26H,6-12H2,1H3/t13-,17?,18?/m1/s1. The van der Waals surface area contributed by atoms with Gasteiger partial charge < -0.3 is 19.8 Å². The Morgan fingerprint density at radius 2 is 1.74 bits per heavy atom. The summed E-state index contributed by atoms with van der Waals surface area (Å²) in [5, 5.41) is 19.5. The normalized spacial score (nSPS) is 30.0. The van der Waals surface area contributed by atoms with E-state index in [0.717, 1.165) is 6.92 Å². The quantitative estimate of drug-likeness (QED) is 0.833. The highest BCUT2D eigenvalue weighted by molar-refractivity contribution is 6.00. The van der Waals surface area contributed by atoms with E-state index in [1.165, 1.54) is 12.1 Å². The maximum absolute atomic E-state index is 13.0. The molecule has 0 radical (unpaired) electrons. The zero-order valence-corrected chi connectivity index (χ0v) is 15.1. The molecule has 0 unspecified atom stereocenters. The van der Waals surface area contributed by atoms with Gasteiger partial charge in [0.1, 0.15) is 5.75 Å². The number of rotatable bonds is 4. The van der Waals surface area contributed by atoms with E-state index in [1.807, 2.05) is 0 Å². The van der Waals surface area contributed by atoms with Crippen molar-refractivity contribution in [1.29, 1.82) is 0 Å². The first-order valence-electron chi connectivity index (χ1n) is 9.07. The van der Waals surface area contributed by atoms with E-state index in [-0.39, 0.29) is 18.3 Å². The lowest BCUT2D eigenvalue weighted by Gasteiger charge is -2.39. The van der Waals surface area contributed by atoms with Crippen LogP contribution in [0.3, 0.4) is 0 Å². The summed E-state index contributed by atoms with van der Waals surface area (Å²) in [6, 6.07) is 6.03. The van der Waals surface area contributed by atoms with Crippen molar-refractivity contribution in [2.24, 2.45) is 5.41 Å². The molecule has 0 aromatic heterocycles. The van der Waals surface area contributed by atoms with E-state index in [1.54, 1.807) is 17.0 Å². The summed E-state index contributed by atoms with van der Waals surface area (Å²) < 4.78 is 42.6. The molecule has 2 aliphatic rings. The van der Waals surface area contributed by atoms with Crippen LogP contribution >= 0.6 is 0 Å². The number of hydrogen-bond donors (Lipinski definition) is 2. The topological polar surface area (TPSA) is 70.0 Å². The highest BCUT2D eigenvalue weighted by Crippen LogP contribution is 2.48. The third kappa shape index (κ3) is 3.91. The minimum absolute atomic E-state index is 0.0279. The molecule has 8 heteroatoms. The molecule has 1 aliphatic heterocycles. The van der Waals surface area contributed by atoms with E-state index in [4.69, 9.17) is 4.74 Å². The minimum Gasteiger partial charge on any atom is -0.481 e. The molecular formula is C19H24F3NO4. The van der Waals surface area contributed by atoms with Crippen molar-refractivity contribution >= 4 is 11.6 Å². The zero-order valence-electron chi connectivity index (χ0n) is 15.1. The SMILES string of the molecule is C[C@@H](Oc1ccc(N2CCC3(CCC(O)(CO)CC3)C2=O)cc1)C(F)(F)F. The number of aliphatic hydroxyl groups excluding tert-OH is 1. The van der Waals surface area contributed by atoms with Crippen molar-refractivity contribution < 1.29 is 32.9 Å². The van der Waals surface area contributed by atoms with Crippen LogP contribution in [0.4, 0.5) is 18.9 Å². The van der Waals surface area contributed by atoms with Crippen molar-refractivity contribution in [3.63, 3.8) is 0 Å². The second kappa shape index (κ2) is 6.98. The van der Waals surface area contributed by atoms with Crippen LogP contribution in [0.25, 0.3) is 0 Å². The molecule has 150 valence electrons. The van der Waals surface area contributed by atoms with Gasteiger partial charge in [0.05, 0.1) is 17.6 Å². The minimum atomic E-state index is -4.44. The summed E-state index contributed by atoms with van der Waals surface area (Å²) in [5.41, 5.74) is -1.01. The lowest BCUT2D eigenvalue weighted by atomic mass is 9.68. The van der Waals surface area contributed by atoms with E-state index >= 15 is 0 Å². The third-order valence-corrected chi connectivity index (χ3v) is 5.87. The molecule has 2 fully saturated rings. The number of carbonyl (C=O) groups is 1. The van der Waals surface area contributed by atoms with Crippen molar-refractivity contribution in [2.75, 3.05) is 18.1 Å². The Morgan fingerprint density at radius 3 is 2.26 bits per heavy atom. The Kier molecular flexibility index (Phi) is 5.16. The highest BCUT2D eigenvalue weighted by atomic mass is 19.4. The molecule has 1 amide bonds. The van der Waals surface area contributed by atoms with Crippen LogP contribution in [-0.4, -0.2) is 47.2 Å². The monoisotopic (exact) mass is 387 g/mol. The zero-order chi connectivity index (χ0) is 19.9. The molecule has 2 N–H and O–H groups in total. The predicted molar refractivity (Wildman–Crippen MR) is 92.5 cm³/mol. The van der Waals surface area contributed by atoms with Crippen LogP contribution in [0.5, 0.6) is 5.75 Å². The van der Waals surface area contributed by atoms with Crippen molar-refractivity contribution in [2.45, 2.75) is 56.9 Å². The Balaban J connectivity index is 1.67. The largest absolute Gasteiger partial charge is 0.481 e. The number of halogens is 3. The number of nitrogens with zero attached hydrogens (tertiary/aromatic N) is 1. The molecule has 5 nitrogen and oxygen atoms in total. The molecule has 1 atom stereocenters. The molecule has 1 saturated carbocycles. The summed E-state index contributed by atoms with van der Waals surface area (Å²) in [4.78, 5) is 14.6. The van der Waals surface area contributed by atoms with E-state index in [2.05, 4.69) is 0 Å². The van der Waals surface area contributed by atoms with Gasteiger partial charge in [-0.3, -0.25) is 4.79 Å². The number of benzene rings is 1. The molecule has 3 rings (SSSR count). The Hall–Kier alpha value is -1.80. The Bertz CT molecular complexity index is 681. The number of carbonyl (C=O) groups excluding carboxylic acids is 1. The average Bonchev–Trinajstić information content (AvgIpc) is 2.94. The number of ether oxygens (including phenoxy) is 1. The molecule has 0 bridgehead atoms. The van der Waals surface area contributed by atoms with Gasteiger partial charge in [0.15, 0.2) is 6.10 Å². The van der Waals surface area contributed by atoms with Crippen molar-refractivity contribution in [3.8, 4) is 5.75 Å². The van der Waals surface area contributed by atoms with E-state index < -0.39 is 23.3 Å². The Labute approximate surface area is 155 Å². The van der Waals surface area contributed by atoms with Gasteiger partial charge in [0, 0.05) is 12.2 Å². The van der Waals surface area contributed by atoms with Gasteiger partial charge in [-0.1, -0.05) is 0 Å². The molecule has 1 saturated heterocycles. The lowest BCUT2D eigenvalue weighted by Crippen LogP contribution is -2.45. The smallest absolute Gasteiger partial charge is 0.425 e. The maximum Gasteiger partial charge on any atom is 0.425 e. The van der Waals surface area contributed by atoms with Crippen LogP contribution in [0.1, 0.15) is 39.0 Å². The number of aliphatic hydroxyl groups is 2. The molecular weight excluding hydrogens is 363 g/mol. The first-order valence-corrected chi connectivity index (χ1v) is 9.07. The van der Waals surface area contributed by atoms with Crippen LogP contribution in [0.2, 0.25) is 0 Å². The molecule has 27 heavy (non-hydrogen) atoms. The van der Waals surface area contributed by atoms with E-state index in [0.29, 0.717) is 44.3 Å². The van der Waals surface area contributed by atoms with Gasteiger partial charge in [-0.05, 0) is 63.3 Å². The summed E-state index contributed by atoms with van der Waals surface area (Å²) in [5.74, 6) is 0.0652. The van der Waals surface area contributed by atoms with Crippen LogP contribution < -0.4 is 9.64 Å². The Morgan fingerprint density at radius 1 is 1.15 bits per heavy atom. The maximum atomic E-state index is 13.0. The van der Waals surface area contributed by atoms with Crippen LogP contribution in [0.15, 0.2) is 24.3 Å². The molecule has 1 aliphatic carbocycles. The van der Waals surface area contributed by atoms with Crippen molar-refractivity contribution in [1.82, 2.24) is 0 Å². The second-order valence-corrected chi connectivity index (χ2v) is 7.67. The average molecular weight is 387 g/mol. The van der Waals surface area contributed by atoms with Gasteiger partial charge in [-0.2, -0.15) is 13.2 Å². The molecule has 1 aromatic rings. The fourth-order valence-electron chi connectivity index (χ4n) is 3.86. The van der Waals surface area contributed by atoms with Crippen LogP contribution in [-0.2, 0) is 4.79 Å². The third-order valence-electron chi connectivity index (χ3n) is 5.87. The lowest BCUT2D eigenvalue weighted by molar-refractivity contribution is -0.189.